The molecule has 23 heavy (non-hydrogen) atoms. The number of fused-ring (bicyclic) bond motifs is 1. The molecule has 116 valence electrons. The molecule has 0 aliphatic rings. The van der Waals surface area contributed by atoms with Gasteiger partial charge >= 0.3 is 0 Å². The van der Waals surface area contributed by atoms with Gasteiger partial charge in [-0.15, -0.1) is 0 Å². The number of nitrogens with zero attached hydrogens (tertiary/aromatic N) is 2. The van der Waals surface area contributed by atoms with Crippen molar-refractivity contribution in [1.29, 1.82) is 5.26 Å². The first-order valence-electron chi connectivity index (χ1n) is 7.16. The van der Waals surface area contributed by atoms with Crippen LogP contribution >= 0.6 is 23.2 Å². The molecule has 0 amide bonds. The van der Waals surface area contributed by atoms with Gasteiger partial charge in [0.15, 0.2) is 0 Å². The lowest BCUT2D eigenvalue weighted by atomic mass is 10.0. The van der Waals surface area contributed by atoms with Gasteiger partial charge in [-0.25, -0.2) is 4.98 Å². The largest absolute Gasteiger partial charge is 0.355 e. The second-order valence-corrected chi connectivity index (χ2v) is 6.17. The van der Waals surface area contributed by atoms with Crippen LogP contribution < -0.4 is 5.32 Å². The zero-order chi connectivity index (χ0) is 16.4. The van der Waals surface area contributed by atoms with E-state index in [9.17, 15) is 0 Å². The molecule has 0 aliphatic heterocycles. The molecule has 2 aromatic carbocycles. The van der Waals surface area contributed by atoms with E-state index < -0.39 is 0 Å². The number of nitriles is 1. The Labute approximate surface area is 144 Å². The summed E-state index contributed by atoms with van der Waals surface area (Å²) in [6.07, 6.45) is 0. The van der Waals surface area contributed by atoms with Crippen LogP contribution in [0.3, 0.4) is 0 Å². The first-order chi connectivity index (χ1) is 11.1. The van der Waals surface area contributed by atoms with Crippen LogP contribution in [0.2, 0.25) is 10.0 Å². The van der Waals surface area contributed by atoms with E-state index in [1.807, 2.05) is 24.3 Å². The van der Waals surface area contributed by atoms with E-state index in [1.54, 1.807) is 12.1 Å². The molecule has 3 aromatic rings. The van der Waals surface area contributed by atoms with Crippen molar-refractivity contribution in [2.75, 3.05) is 11.9 Å². The van der Waals surface area contributed by atoms with E-state index >= 15 is 0 Å². The van der Waals surface area contributed by atoms with E-state index in [0.29, 0.717) is 33.6 Å². The quantitative estimate of drug-likeness (QED) is 0.703. The third kappa shape index (κ3) is 3.26. The van der Waals surface area contributed by atoms with Crippen LogP contribution in [0, 0.1) is 11.3 Å². The number of aromatic amines is 1. The van der Waals surface area contributed by atoms with Crippen molar-refractivity contribution in [1.82, 2.24) is 9.97 Å². The lowest BCUT2D eigenvalue weighted by Gasteiger charge is -2.13. The normalized spacial score (nSPS) is 12.1. The Kier molecular flexibility index (Phi) is 4.42. The number of rotatable bonds is 4. The third-order valence-corrected chi connectivity index (χ3v) is 4.46. The number of H-pyrrole nitrogens is 1. The zero-order valence-corrected chi connectivity index (χ0v) is 13.9. The molecular formula is C17H14Cl2N4. The second-order valence-electron chi connectivity index (χ2n) is 5.35. The highest BCUT2D eigenvalue weighted by Crippen LogP contribution is 2.26. The Morgan fingerprint density at radius 3 is 2.83 bits per heavy atom. The van der Waals surface area contributed by atoms with Gasteiger partial charge in [-0.2, -0.15) is 5.26 Å². The molecule has 1 atom stereocenters. The number of benzene rings is 2. The van der Waals surface area contributed by atoms with Crippen LogP contribution in [0.25, 0.3) is 11.0 Å². The molecule has 1 heterocycles. The molecule has 0 bridgehead atoms. The number of aromatic nitrogens is 2. The van der Waals surface area contributed by atoms with Crippen molar-refractivity contribution in [3.8, 4) is 6.07 Å². The molecule has 0 unspecified atom stereocenters. The molecular weight excluding hydrogens is 331 g/mol. The maximum Gasteiger partial charge on any atom is 0.201 e. The lowest BCUT2D eigenvalue weighted by Crippen LogP contribution is -2.10. The molecule has 6 heteroatoms. The standard InChI is InChI=1S/C17H14Cl2N4/c1-10(11-5-6-13(18)14(19)7-11)9-21-17-22-15-4-2-3-12(8-20)16(15)23-17/h2-7,10H,9H2,1H3,(H2,21,22,23)/t10-/m1/s1. The zero-order valence-electron chi connectivity index (χ0n) is 12.4. The molecule has 0 spiro atoms. The minimum Gasteiger partial charge on any atom is -0.355 e. The molecule has 4 nitrogen and oxygen atoms in total. The van der Waals surface area contributed by atoms with Crippen LogP contribution in [-0.2, 0) is 0 Å². The first-order valence-corrected chi connectivity index (χ1v) is 7.91. The first kappa shape index (κ1) is 15.7. The minimum absolute atomic E-state index is 0.230. The van der Waals surface area contributed by atoms with Crippen LogP contribution in [0.5, 0.6) is 0 Å². The number of anilines is 1. The summed E-state index contributed by atoms with van der Waals surface area (Å²) in [4.78, 5) is 7.62. The van der Waals surface area contributed by atoms with Crippen molar-refractivity contribution in [2.24, 2.45) is 0 Å². The van der Waals surface area contributed by atoms with Crippen LogP contribution in [-0.4, -0.2) is 16.5 Å². The minimum atomic E-state index is 0.230. The van der Waals surface area contributed by atoms with Gasteiger partial charge < -0.3 is 10.3 Å². The fourth-order valence-corrected chi connectivity index (χ4v) is 2.70. The summed E-state index contributed by atoms with van der Waals surface area (Å²) >= 11 is 12.0. The molecule has 1 aromatic heterocycles. The van der Waals surface area contributed by atoms with Gasteiger partial charge in [-0.1, -0.05) is 42.3 Å². The van der Waals surface area contributed by atoms with Crippen molar-refractivity contribution in [2.45, 2.75) is 12.8 Å². The summed E-state index contributed by atoms with van der Waals surface area (Å²) < 4.78 is 0. The molecule has 0 aliphatic carbocycles. The summed E-state index contributed by atoms with van der Waals surface area (Å²) in [6, 6.07) is 13.3. The highest BCUT2D eigenvalue weighted by atomic mass is 35.5. The van der Waals surface area contributed by atoms with E-state index in [4.69, 9.17) is 28.5 Å². The predicted molar refractivity (Wildman–Crippen MR) is 94.2 cm³/mol. The van der Waals surface area contributed by atoms with E-state index in [-0.39, 0.29) is 5.92 Å². The Hall–Kier alpha value is -2.22. The van der Waals surface area contributed by atoms with Crippen molar-refractivity contribution >= 4 is 40.2 Å². The molecule has 0 saturated heterocycles. The number of hydrogen-bond donors (Lipinski definition) is 2. The Morgan fingerprint density at radius 2 is 2.09 bits per heavy atom. The number of imidazole rings is 1. The molecule has 3 rings (SSSR count). The highest BCUT2D eigenvalue weighted by Gasteiger charge is 2.10. The third-order valence-electron chi connectivity index (χ3n) is 3.72. The summed E-state index contributed by atoms with van der Waals surface area (Å²) in [7, 11) is 0. The predicted octanol–water partition coefficient (Wildman–Crippen LogP) is 4.96. The lowest BCUT2D eigenvalue weighted by molar-refractivity contribution is 0.799. The molecule has 2 N–H and O–H groups in total. The van der Waals surface area contributed by atoms with Gasteiger partial charge in [0, 0.05) is 6.54 Å². The molecule has 0 saturated carbocycles. The van der Waals surface area contributed by atoms with Crippen molar-refractivity contribution in [3.05, 3.63) is 57.6 Å². The van der Waals surface area contributed by atoms with Crippen LogP contribution in [0.1, 0.15) is 24.0 Å². The summed E-state index contributed by atoms with van der Waals surface area (Å²) in [5.74, 6) is 0.878. The van der Waals surface area contributed by atoms with E-state index in [0.717, 1.165) is 11.1 Å². The number of halogens is 2. The summed E-state index contributed by atoms with van der Waals surface area (Å²) in [6.45, 7) is 2.77. The number of hydrogen-bond acceptors (Lipinski definition) is 3. The fourth-order valence-electron chi connectivity index (χ4n) is 2.39. The maximum atomic E-state index is 9.11. The fraction of sp³-hybridized carbons (Fsp3) is 0.176. The number of para-hydroxylation sites is 1. The second kappa shape index (κ2) is 6.49. The Balaban J connectivity index is 1.75. The smallest absolute Gasteiger partial charge is 0.201 e. The Morgan fingerprint density at radius 1 is 1.26 bits per heavy atom. The van der Waals surface area contributed by atoms with Crippen LogP contribution in [0.15, 0.2) is 36.4 Å². The highest BCUT2D eigenvalue weighted by molar-refractivity contribution is 6.42. The maximum absolute atomic E-state index is 9.11. The van der Waals surface area contributed by atoms with Crippen molar-refractivity contribution < 1.29 is 0 Å². The molecule has 0 radical (unpaired) electrons. The van der Waals surface area contributed by atoms with E-state index in [2.05, 4.69) is 28.3 Å². The summed E-state index contributed by atoms with van der Waals surface area (Å²) in [5.41, 5.74) is 3.18. The van der Waals surface area contributed by atoms with Gasteiger partial charge in [0.1, 0.15) is 11.6 Å². The van der Waals surface area contributed by atoms with Gasteiger partial charge in [0.05, 0.1) is 21.1 Å². The topological polar surface area (TPSA) is 64.5 Å². The Bertz CT molecular complexity index is 895. The van der Waals surface area contributed by atoms with Gasteiger partial charge in [0.25, 0.3) is 0 Å². The monoisotopic (exact) mass is 344 g/mol. The average molecular weight is 345 g/mol. The summed E-state index contributed by atoms with van der Waals surface area (Å²) in [5, 5.41) is 13.5. The van der Waals surface area contributed by atoms with Gasteiger partial charge in [0.2, 0.25) is 5.95 Å². The van der Waals surface area contributed by atoms with Gasteiger partial charge in [-0.3, -0.25) is 0 Å². The van der Waals surface area contributed by atoms with E-state index in [1.165, 1.54) is 0 Å². The SMILES string of the molecule is C[C@H](CNc1nc2c(C#N)cccc2[nH]1)c1ccc(Cl)c(Cl)c1. The van der Waals surface area contributed by atoms with Crippen molar-refractivity contribution in [3.63, 3.8) is 0 Å². The average Bonchev–Trinajstić information content (AvgIpc) is 2.98. The molecule has 0 fully saturated rings. The van der Waals surface area contributed by atoms with Crippen LogP contribution in [0.4, 0.5) is 5.95 Å². The number of nitrogens with one attached hydrogen (secondary N) is 2. The van der Waals surface area contributed by atoms with Gasteiger partial charge in [-0.05, 0) is 35.7 Å².